The molecule has 0 radical (unpaired) electrons. The van der Waals surface area contributed by atoms with E-state index in [1.165, 1.54) is 28.8 Å². The molecule has 1 aliphatic rings. The quantitative estimate of drug-likeness (QED) is 0.217. The minimum Gasteiger partial charge on any atom is -0.347 e. The molecule has 0 amide bonds. The average molecular weight is 563 g/mol. The van der Waals surface area contributed by atoms with Gasteiger partial charge in [-0.05, 0) is 54.2 Å². The molecule has 194 valence electrons. The van der Waals surface area contributed by atoms with Crippen LogP contribution in [0.5, 0.6) is 0 Å². The van der Waals surface area contributed by atoms with Crippen molar-refractivity contribution in [3.63, 3.8) is 0 Å². The van der Waals surface area contributed by atoms with E-state index in [9.17, 15) is 0 Å². The summed E-state index contributed by atoms with van der Waals surface area (Å²) in [7, 11) is 0. The van der Waals surface area contributed by atoms with Crippen molar-refractivity contribution in [1.29, 1.82) is 0 Å². The van der Waals surface area contributed by atoms with Crippen LogP contribution in [0.3, 0.4) is 0 Å². The highest BCUT2D eigenvalue weighted by molar-refractivity contribution is 8.93. The van der Waals surface area contributed by atoms with Crippen molar-refractivity contribution < 1.29 is 0 Å². The predicted molar refractivity (Wildman–Crippen MR) is 152 cm³/mol. The van der Waals surface area contributed by atoms with E-state index < -0.39 is 0 Å². The van der Waals surface area contributed by atoms with Crippen LogP contribution in [0.15, 0.2) is 79.5 Å². The molecule has 3 heterocycles. The lowest BCUT2D eigenvalue weighted by Gasteiger charge is -2.35. The number of rotatable bonds is 12. The van der Waals surface area contributed by atoms with Gasteiger partial charge in [-0.2, -0.15) is 0 Å². The average Bonchev–Trinajstić information content (AvgIpc) is 3.45. The van der Waals surface area contributed by atoms with Crippen molar-refractivity contribution in [2.24, 2.45) is 0 Å². The first kappa shape index (κ1) is 27.1. The number of pyridine rings is 2. The SMILES string of the molecule is Br.c1ccc(CNCc2ccc(CN(CCNCc3cnc[nH]3)C3CCCc4cccnc43)cc2)nc1. The Morgan fingerprint density at radius 1 is 0.892 bits per heavy atom. The van der Waals surface area contributed by atoms with E-state index in [0.29, 0.717) is 6.04 Å². The fraction of sp³-hybridized carbons (Fsp3) is 0.345. The van der Waals surface area contributed by atoms with Gasteiger partial charge in [0.15, 0.2) is 0 Å². The summed E-state index contributed by atoms with van der Waals surface area (Å²) in [5, 5.41) is 7.06. The molecule has 0 fully saturated rings. The molecular weight excluding hydrogens is 526 g/mol. The molecule has 1 aliphatic carbocycles. The maximum atomic E-state index is 4.82. The van der Waals surface area contributed by atoms with Crippen LogP contribution in [0, 0.1) is 0 Å². The third kappa shape index (κ3) is 7.79. The summed E-state index contributed by atoms with van der Waals surface area (Å²) in [5.74, 6) is 0. The Hall–Kier alpha value is -2.91. The van der Waals surface area contributed by atoms with Gasteiger partial charge in [0.2, 0.25) is 0 Å². The monoisotopic (exact) mass is 561 g/mol. The molecule has 7 nitrogen and oxygen atoms in total. The van der Waals surface area contributed by atoms with E-state index in [1.54, 1.807) is 6.33 Å². The maximum Gasteiger partial charge on any atom is 0.0922 e. The molecule has 0 saturated carbocycles. The third-order valence-electron chi connectivity index (χ3n) is 6.82. The highest BCUT2D eigenvalue weighted by atomic mass is 79.9. The Bertz CT molecular complexity index is 1180. The molecule has 5 rings (SSSR count). The zero-order chi connectivity index (χ0) is 24.4. The van der Waals surface area contributed by atoms with Crippen molar-refractivity contribution in [3.8, 4) is 0 Å². The summed E-state index contributed by atoms with van der Waals surface area (Å²) in [6.07, 6.45) is 10.9. The summed E-state index contributed by atoms with van der Waals surface area (Å²) in [6.45, 7) is 5.19. The van der Waals surface area contributed by atoms with Gasteiger partial charge in [0.25, 0.3) is 0 Å². The van der Waals surface area contributed by atoms with Crippen LogP contribution in [0.1, 0.15) is 52.7 Å². The molecule has 0 spiro atoms. The number of aromatic nitrogens is 4. The molecule has 8 heteroatoms. The summed E-state index contributed by atoms with van der Waals surface area (Å²) >= 11 is 0. The normalized spacial score (nSPS) is 14.8. The Morgan fingerprint density at radius 2 is 1.76 bits per heavy atom. The van der Waals surface area contributed by atoms with E-state index in [2.05, 4.69) is 66.9 Å². The van der Waals surface area contributed by atoms with Crippen molar-refractivity contribution in [2.45, 2.75) is 51.5 Å². The molecule has 37 heavy (non-hydrogen) atoms. The largest absolute Gasteiger partial charge is 0.347 e. The van der Waals surface area contributed by atoms with Crippen LogP contribution < -0.4 is 10.6 Å². The van der Waals surface area contributed by atoms with E-state index in [4.69, 9.17) is 4.98 Å². The first-order valence-corrected chi connectivity index (χ1v) is 12.9. The lowest BCUT2D eigenvalue weighted by molar-refractivity contribution is 0.166. The van der Waals surface area contributed by atoms with Gasteiger partial charge in [-0.1, -0.05) is 36.4 Å². The molecule has 0 aliphatic heterocycles. The number of nitrogens with one attached hydrogen (secondary N) is 3. The summed E-state index contributed by atoms with van der Waals surface area (Å²) in [6, 6.07) is 19.7. The van der Waals surface area contributed by atoms with Crippen molar-refractivity contribution in [1.82, 2.24) is 35.5 Å². The van der Waals surface area contributed by atoms with Gasteiger partial charge in [0.1, 0.15) is 0 Å². The lowest BCUT2D eigenvalue weighted by atomic mass is 9.90. The van der Waals surface area contributed by atoms with Gasteiger partial charge in [-0.3, -0.25) is 14.9 Å². The summed E-state index contributed by atoms with van der Waals surface area (Å²) in [5.41, 5.74) is 7.45. The number of aryl methyl sites for hydroxylation is 1. The second-order valence-electron chi connectivity index (χ2n) is 9.42. The third-order valence-corrected chi connectivity index (χ3v) is 6.82. The van der Waals surface area contributed by atoms with Gasteiger partial charge < -0.3 is 15.6 Å². The van der Waals surface area contributed by atoms with Crippen LogP contribution in [0.2, 0.25) is 0 Å². The van der Waals surface area contributed by atoms with Crippen LogP contribution in [0.25, 0.3) is 0 Å². The molecule has 0 bridgehead atoms. The number of imidazole rings is 1. The molecule has 1 unspecified atom stereocenters. The van der Waals surface area contributed by atoms with Gasteiger partial charge in [-0.15, -0.1) is 17.0 Å². The number of hydrogen-bond acceptors (Lipinski definition) is 6. The lowest BCUT2D eigenvalue weighted by Crippen LogP contribution is -2.36. The number of hydrogen-bond donors (Lipinski definition) is 3. The van der Waals surface area contributed by atoms with Crippen LogP contribution in [0.4, 0.5) is 0 Å². The second kappa shape index (κ2) is 14.1. The number of halogens is 1. The predicted octanol–water partition coefficient (Wildman–Crippen LogP) is 4.74. The fourth-order valence-electron chi connectivity index (χ4n) is 4.95. The fourth-order valence-corrected chi connectivity index (χ4v) is 4.95. The zero-order valence-electron chi connectivity index (χ0n) is 21.1. The van der Waals surface area contributed by atoms with Gasteiger partial charge in [-0.25, -0.2) is 4.98 Å². The molecule has 1 atom stereocenters. The van der Waals surface area contributed by atoms with E-state index >= 15 is 0 Å². The van der Waals surface area contributed by atoms with E-state index in [1.807, 2.05) is 36.8 Å². The number of benzene rings is 1. The summed E-state index contributed by atoms with van der Waals surface area (Å²) in [4.78, 5) is 19.1. The van der Waals surface area contributed by atoms with E-state index in [0.717, 1.165) is 63.5 Å². The molecular formula is C29H36BrN7. The summed E-state index contributed by atoms with van der Waals surface area (Å²) < 4.78 is 0. The molecule has 4 aromatic rings. The smallest absolute Gasteiger partial charge is 0.0922 e. The molecule has 3 N–H and O–H groups in total. The standard InChI is InChI=1S/C29H35N7.BrH/c1-2-13-33-26(7-1)18-31-17-23-9-11-24(12-10-23)21-36(16-15-30-19-27-20-32-22-35-27)28-8-3-5-25-6-4-14-34-29(25)28;/h1-2,4,6-7,9-14,20,22,28,30-31H,3,5,8,15-19,21H2,(H,32,35);1H. The Morgan fingerprint density at radius 3 is 2.57 bits per heavy atom. The second-order valence-corrected chi connectivity index (χ2v) is 9.42. The highest BCUT2D eigenvalue weighted by Gasteiger charge is 2.27. The minimum absolute atomic E-state index is 0. The number of nitrogens with zero attached hydrogens (tertiary/aromatic N) is 4. The van der Waals surface area contributed by atoms with Crippen molar-refractivity contribution >= 4 is 17.0 Å². The highest BCUT2D eigenvalue weighted by Crippen LogP contribution is 2.33. The Balaban J connectivity index is 0.00000320. The van der Waals surface area contributed by atoms with Crippen LogP contribution >= 0.6 is 17.0 Å². The first-order valence-electron chi connectivity index (χ1n) is 12.9. The van der Waals surface area contributed by atoms with Crippen LogP contribution in [-0.2, 0) is 32.6 Å². The van der Waals surface area contributed by atoms with Gasteiger partial charge in [0.05, 0.1) is 23.8 Å². The molecule has 3 aromatic heterocycles. The van der Waals surface area contributed by atoms with Gasteiger partial charge >= 0.3 is 0 Å². The van der Waals surface area contributed by atoms with Crippen LogP contribution in [-0.4, -0.2) is 37.9 Å². The topological polar surface area (TPSA) is 81.8 Å². The number of fused-ring (bicyclic) bond motifs is 1. The van der Waals surface area contributed by atoms with Crippen molar-refractivity contribution in [2.75, 3.05) is 13.1 Å². The zero-order valence-corrected chi connectivity index (χ0v) is 22.9. The molecule has 1 aromatic carbocycles. The minimum atomic E-state index is 0. The number of aromatic amines is 1. The van der Waals surface area contributed by atoms with E-state index in [-0.39, 0.29) is 17.0 Å². The van der Waals surface area contributed by atoms with Gasteiger partial charge in [0, 0.05) is 63.6 Å². The van der Waals surface area contributed by atoms with Crippen molar-refractivity contribution in [3.05, 3.63) is 113 Å². The Kier molecular flexibility index (Phi) is 10.4. The molecule has 0 saturated heterocycles. The first-order chi connectivity index (χ1) is 17.8. The maximum absolute atomic E-state index is 4.82. The number of H-pyrrole nitrogens is 1. The Labute approximate surface area is 229 Å².